The Bertz CT molecular complexity index is 425. The highest BCUT2D eigenvalue weighted by atomic mass is 19.4. The third-order valence-electron chi connectivity index (χ3n) is 2.98. The molecule has 1 aliphatic rings. The summed E-state index contributed by atoms with van der Waals surface area (Å²) in [6.07, 6.45) is -6.46. The van der Waals surface area contributed by atoms with E-state index in [9.17, 15) is 13.2 Å². The summed E-state index contributed by atoms with van der Waals surface area (Å²) in [5.74, 6) is 0. The van der Waals surface area contributed by atoms with Gasteiger partial charge in [-0.15, -0.1) is 0 Å². The molecule has 1 aromatic carbocycles. The van der Waals surface area contributed by atoms with Crippen LogP contribution in [-0.2, 0) is 9.47 Å². The molecule has 2 nitrogen and oxygen atoms in total. The van der Waals surface area contributed by atoms with E-state index in [1.165, 1.54) is 12.1 Å². The van der Waals surface area contributed by atoms with Gasteiger partial charge in [0, 0.05) is 0 Å². The standard InChI is InChI=1S/C13H15F3O2/c1-8-3-4-10(5-9(8)2)12(13(14,15)16)18-7-11-6-17-11/h3-5,11-12H,6-7H2,1-2H3. The molecule has 0 saturated carbocycles. The van der Waals surface area contributed by atoms with Gasteiger partial charge in [0.2, 0.25) is 0 Å². The van der Waals surface area contributed by atoms with E-state index >= 15 is 0 Å². The van der Waals surface area contributed by atoms with Crippen LogP contribution >= 0.6 is 0 Å². The van der Waals surface area contributed by atoms with Crippen molar-refractivity contribution in [2.45, 2.75) is 32.2 Å². The second-order valence-electron chi connectivity index (χ2n) is 4.55. The molecule has 1 aromatic rings. The second kappa shape index (κ2) is 4.90. The summed E-state index contributed by atoms with van der Waals surface area (Å²) in [6.45, 7) is 4.12. The fourth-order valence-corrected chi connectivity index (χ4v) is 1.68. The monoisotopic (exact) mass is 260 g/mol. The van der Waals surface area contributed by atoms with Crippen molar-refractivity contribution in [2.75, 3.05) is 13.2 Å². The molecule has 0 N–H and O–H groups in total. The van der Waals surface area contributed by atoms with E-state index in [4.69, 9.17) is 9.47 Å². The number of halogens is 3. The molecule has 2 atom stereocenters. The van der Waals surface area contributed by atoms with Crippen LogP contribution in [0, 0.1) is 13.8 Å². The minimum atomic E-state index is -4.41. The largest absolute Gasteiger partial charge is 0.418 e. The van der Waals surface area contributed by atoms with Crippen molar-refractivity contribution in [3.63, 3.8) is 0 Å². The second-order valence-corrected chi connectivity index (χ2v) is 4.55. The minimum absolute atomic E-state index is 0.0168. The Morgan fingerprint density at radius 2 is 2.00 bits per heavy atom. The molecule has 1 aliphatic heterocycles. The summed E-state index contributed by atoms with van der Waals surface area (Å²) in [5.41, 5.74) is 1.93. The van der Waals surface area contributed by atoms with E-state index in [0.29, 0.717) is 6.61 Å². The lowest BCUT2D eigenvalue weighted by Gasteiger charge is -2.21. The topological polar surface area (TPSA) is 21.8 Å². The van der Waals surface area contributed by atoms with Crippen LogP contribution in [0.4, 0.5) is 13.2 Å². The summed E-state index contributed by atoms with van der Waals surface area (Å²) in [7, 11) is 0. The van der Waals surface area contributed by atoms with Gasteiger partial charge in [-0.25, -0.2) is 0 Å². The average molecular weight is 260 g/mol. The fourth-order valence-electron chi connectivity index (χ4n) is 1.68. The van der Waals surface area contributed by atoms with Gasteiger partial charge in [0.1, 0.15) is 6.10 Å². The maximum atomic E-state index is 12.9. The van der Waals surface area contributed by atoms with Crippen molar-refractivity contribution in [1.29, 1.82) is 0 Å². The Balaban J connectivity index is 2.17. The SMILES string of the molecule is Cc1ccc(C(OCC2CO2)C(F)(F)F)cc1C. The summed E-state index contributed by atoms with van der Waals surface area (Å²) < 4.78 is 48.6. The smallest absolute Gasteiger partial charge is 0.371 e. The summed E-state index contributed by atoms with van der Waals surface area (Å²) in [6, 6.07) is 4.68. The van der Waals surface area contributed by atoms with Crippen LogP contribution in [0.3, 0.4) is 0 Å². The highest BCUT2D eigenvalue weighted by Gasteiger charge is 2.43. The van der Waals surface area contributed by atoms with E-state index < -0.39 is 12.3 Å². The first-order valence-electron chi connectivity index (χ1n) is 5.75. The molecule has 0 aliphatic carbocycles. The van der Waals surface area contributed by atoms with Crippen molar-refractivity contribution in [1.82, 2.24) is 0 Å². The number of ether oxygens (including phenoxy) is 2. The first kappa shape index (κ1) is 13.4. The van der Waals surface area contributed by atoms with Crippen molar-refractivity contribution >= 4 is 0 Å². The Morgan fingerprint density at radius 3 is 2.50 bits per heavy atom. The molecule has 2 unspecified atom stereocenters. The van der Waals surface area contributed by atoms with Crippen molar-refractivity contribution in [2.24, 2.45) is 0 Å². The Kier molecular flexibility index (Phi) is 3.64. The molecular formula is C13H15F3O2. The van der Waals surface area contributed by atoms with Gasteiger partial charge in [-0.05, 0) is 30.5 Å². The predicted molar refractivity (Wildman–Crippen MR) is 60.4 cm³/mol. The van der Waals surface area contributed by atoms with Gasteiger partial charge in [0.15, 0.2) is 6.10 Å². The summed E-state index contributed by atoms with van der Waals surface area (Å²) in [5, 5.41) is 0. The van der Waals surface area contributed by atoms with Crippen molar-refractivity contribution in [3.8, 4) is 0 Å². The number of aryl methyl sites for hydroxylation is 2. The molecular weight excluding hydrogens is 245 g/mol. The maximum Gasteiger partial charge on any atom is 0.418 e. The quantitative estimate of drug-likeness (QED) is 0.775. The van der Waals surface area contributed by atoms with Gasteiger partial charge in [0.25, 0.3) is 0 Å². The van der Waals surface area contributed by atoms with Crippen molar-refractivity contribution < 1.29 is 22.6 Å². The van der Waals surface area contributed by atoms with Crippen LogP contribution in [-0.4, -0.2) is 25.5 Å². The number of epoxide rings is 1. The first-order chi connectivity index (χ1) is 8.38. The van der Waals surface area contributed by atoms with Crippen molar-refractivity contribution in [3.05, 3.63) is 34.9 Å². The van der Waals surface area contributed by atoms with Crippen LogP contribution in [0.15, 0.2) is 18.2 Å². The van der Waals surface area contributed by atoms with Crippen LogP contribution in [0.5, 0.6) is 0 Å². The molecule has 0 aromatic heterocycles. The Labute approximate surface area is 104 Å². The first-order valence-corrected chi connectivity index (χ1v) is 5.75. The molecule has 1 fully saturated rings. The molecule has 0 spiro atoms. The van der Waals surface area contributed by atoms with Crippen LogP contribution in [0.1, 0.15) is 22.8 Å². The normalized spacial score (nSPS) is 20.8. The van der Waals surface area contributed by atoms with E-state index in [-0.39, 0.29) is 18.3 Å². The van der Waals surface area contributed by atoms with Gasteiger partial charge >= 0.3 is 6.18 Å². The zero-order chi connectivity index (χ0) is 13.3. The van der Waals surface area contributed by atoms with E-state index in [2.05, 4.69) is 0 Å². The average Bonchev–Trinajstić information content (AvgIpc) is 3.05. The van der Waals surface area contributed by atoms with Crippen LogP contribution in [0.25, 0.3) is 0 Å². The van der Waals surface area contributed by atoms with Gasteiger partial charge < -0.3 is 9.47 Å². The number of rotatable bonds is 4. The lowest BCUT2D eigenvalue weighted by molar-refractivity contribution is -0.224. The predicted octanol–water partition coefficient (Wildman–Crippen LogP) is 3.32. The molecule has 0 bridgehead atoms. The molecule has 0 amide bonds. The number of hydrogen-bond donors (Lipinski definition) is 0. The Hall–Kier alpha value is -1.07. The Morgan fingerprint density at radius 1 is 1.33 bits per heavy atom. The highest BCUT2D eigenvalue weighted by molar-refractivity contribution is 5.31. The van der Waals surface area contributed by atoms with Gasteiger partial charge in [-0.3, -0.25) is 0 Å². The van der Waals surface area contributed by atoms with Gasteiger partial charge in [-0.2, -0.15) is 13.2 Å². The molecule has 2 rings (SSSR count). The maximum absolute atomic E-state index is 12.9. The molecule has 0 radical (unpaired) electrons. The van der Waals surface area contributed by atoms with Gasteiger partial charge in [0.05, 0.1) is 13.2 Å². The lowest BCUT2D eigenvalue weighted by atomic mass is 10.0. The van der Waals surface area contributed by atoms with E-state index in [1.807, 2.05) is 6.92 Å². The molecule has 5 heteroatoms. The molecule has 18 heavy (non-hydrogen) atoms. The highest BCUT2D eigenvalue weighted by Crippen LogP contribution is 2.37. The van der Waals surface area contributed by atoms with Crippen LogP contribution < -0.4 is 0 Å². The van der Waals surface area contributed by atoms with E-state index in [0.717, 1.165) is 11.1 Å². The third kappa shape index (κ3) is 3.23. The fraction of sp³-hybridized carbons (Fsp3) is 0.538. The zero-order valence-electron chi connectivity index (χ0n) is 10.3. The van der Waals surface area contributed by atoms with Crippen LogP contribution in [0.2, 0.25) is 0 Å². The molecule has 1 saturated heterocycles. The lowest BCUT2D eigenvalue weighted by Crippen LogP contribution is -2.25. The number of hydrogen-bond acceptors (Lipinski definition) is 2. The molecule has 1 heterocycles. The number of alkyl halides is 3. The summed E-state index contributed by atoms with van der Waals surface area (Å²) in [4.78, 5) is 0. The van der Waals surface area contributed by atoms with Gasteiger partial charge in [-0.1, -0.05) is 18.2 Å². The zero-order valence-corrected chi connectivity index (χ0v) is 10.3. The minimum Gasteiger partial charge on any atom is -0.371 e. The van der Waals surface area contributed by atoms with E-state index in [1.54, 1.807) is 13.0 Å². The molecule has 100 valence electrons. The number of benzene rings is 1. The summed E-state index contributed by atoms with van der Waals surface area (Å²) >= 11 is 0. The third-order valence-corrected chi connectivity index (χ3v) is 2.98.